The number of thiophene rings is 1. The predicted molar refractivity (Wildman–Crippen MR) is 44.7 cm³/mol. The average Bonchev–Trinajstić information content (AvgIpc) is 2.67. The molecule has 1 aliphatic carbocycles. The van der Waals surface area contributed by atoms with Crippen molar-refractivity contribution in [1.82, 2.24) is 0 Å². The normalized spacial score (nSPS) is 9.85. The van der Waals surface area contributed by atoms with E-state index in [0.29, 0.717) is 0 Å². The molecule has 0 aliphatic heterocycles. The fourth-order valence-corrected chi connectivity index (χ4v) is 0.929. The third-order valence-corrected chi connectivity index (χ3v) is 1.53. The van der Waals surface area contributed by atoms with Gasteiger partial charge >= 0.3 is 25.8 Å². The first-order chi connectivity index (χ1) is 5.00. The number of hydrogen-bond donors (Lipinski definition) is 0. The van der Waals surface area contributed by atoms with Gasteiger partial charge in [0.1, 0.15) is 0 Å². The minimum atomic E-state index is 0. The van der Waals surface area contributed by atoms with E-state index in [9.17, 15) is 0 Å². The molecule has 0 atom stereocenters. The monoisotopic (exact) mass is 398 g/mol. The summed E-state index contributed by atoms with van der Waals surface area (Å²) in [5, 5.41) is 4.89. The molecular weight excluding hydrogens is 390 g/mol. The van der Waals surface area contributed by atoms with E-state index in [1.54, 1.807) is 11.3 Å². The SMILES string of the molecule is [C-]1=CC=CC1.[Cl-].[Cl-].[Hf+4].[c-]1cccs1. The third kappa shape index (κ3) is 12.6. The van der Waals surface area contributed by atoms with Crippen LogP contribution in [-0.4, -0.2) is 0 Å². The summed E-state index contributed by atoms with van der Waals surface area (Å²) in [6.45, 7) is 0. The van der Waals surface area contributed by atoms with E-state index < -0.39 is 0 Å². The Morgan fingerprint density at radius 3 is 2.15 bits per heavy atom. The van der Waals surface area contributed by atoms with Gasteiger partial charge in [0.2, 0.25) is 0 Å². The standard InChI is InChI=1S/C5H5.C4H3S.2ClH.Hf/c2*1-2-4-5-3-1;;;/h1-3H,4H2;1-3H;2*1H;/q2*-1;;;+4/p-2. The van der Waals surface area contributed by atoms with Crippen LogP contribution in [0.5, 0.6) is 0 Å². The summed E-state index contributed by atoms with van der Waals surface area (Å²) < 4.78 is 0. The maximum absolute atomic E-state index is 2.99. The molecule has 0 aromatic carbocycles. The average molecular weight is 398 g/mol. The van der Waals surface area contributed by atoms with Gasteiger partial charge in [0.05, 0.1) is 0 Å². The minimum Gasteiger partial charge on any atom is -1.00 e. The second-order valence-electron chi connectivity index (χ2n) is 1.73. The fourth-order valence-electron chi connectivity index (χ4n) is 0.537. The van der Waals surface area contributed by atoms with Crippen LogP contribution in [-0.2, 0) is 25.8 Å². The largest absolute Gasteiger partial charge is 4.00 e. The summed E-state index contributed by atoms with van der Waals surface area (Å²) >= 11 is 1.59. The van der Waals surface area contributed by atoms with Crippen LogP contribution in [0.4, 0.5) is 0 Å². The van der Waals surface area contributed by atoms with E-state index in [0.717, 1.165) is 6.42 Å². The first-order valence-electron chi connectivity index (χ1n) is 3.11. The number of halogens is 2. The molecule has 0 spiro atoms. The zero-order valence-electron chi connectivity index (χ0n) is 6.84. The quantitative estimate of drug-likeness (QED) is 0.321. The molecule has 2 rings (SSSR count). The zero-order valence-corrected chi connectivity index (χ0v) is 12.8. The molecule has 1 aromatic heterocycles. The van der Waals surface area contributed by atoms with Crippen molar-refractivity contribution in [3.05, 3.63) is 47.2 Å². The molecule has 0 fully saturated rings. The molecule has 1 aromatic rings. The fraction of sp³-hybridized carbons (Fsp3) is 0.111. The van der Waals surface area contributed by atoms with E-state index in [1.165, 1.54) is 0 Å². The summed E-state index contributed by atoms with van der Waals surface area (Å²) in [6, 6.07) is 3.86. The summed E-state index contributed by atoms with van der Waals surface area (Å²) in [7, 11) is 0. The molecule has 0 amide bonds. The van der Waals surface area contributed by atoms with Crippen LogP contribution < -0.4 is 24.8 Å². The van der Waals surface area contributed by atoms with Crippen LogP contribution in [0.25, 0.3) is 0 Å². The van der Waals surface area contributed by atoms with Crippen LogP contribution in [0, 0.1) is 11.5 Å². The summed E-state index contributed by atoms with van der Waals surface area (Å²) in [6.07, 6.45) is 10.0. The first kappa shape index (κ1) is 19.2. The Morgan fingerprint density at radius 1 is 1.23 bits per heavy atom. The van der Waals surface area contributed by atoms with Gasteiger partial charge in [-0.1, -0.05) is 0 Å². The summed E-state index contributed by atoms with van der Waals surface area (Å²) in [4.78, 5) is 0. The van der Waals surface area contributed by atoms with Crippen molar-refractivity contribution < 1.29 is 50.7 Å². The van der Waals surface area contributed by atoms with Crippen LogP contribution in [0.15, 0.2) is 35.7 Å². The Kier molecular flexibility index (Phi) is 22.4. The Morgan fingerprint density at radius 2 is 2.00 bits per heavy atom. The smallest absolute Gasteiger partial charge is 1.00 e. The minimum absolute atomic E-state index is 0. The molecule has 1 heterocycles. The van der Waals surface area contributed by atoms with Gasteiger partial charge in [0, 0.05) is 0 Å². The molecule has 0 N–H and O–H groups in total. The van der Waals surface area contributed by atoms with Crippen LogP contribution in [0.2, 0.25) is 0 Å². The molecule has 68 valence electrons. The van der Waals surface area contributed by atoms with Crippen molar-refractivity contribution in [1.29, 1.82) is 0 Å². The van der Waals surface area contributed by atoms with Crippen molar-refractivity contribution >= 4 is 11.3 Å². The van der Waals surface area contributed by atoms with Gasteiger partial charge < -0.3 is 36.2 Å². The molecule has 4 heteroatoms. The molecule has 0 unspecified atom stereocenters. The number of rotatable bonds is 0. The van der Waals surface area contributed by atoms with Crippen molar-refractivity contribution in [2.75, 3.05) is 0 Å². The second-order valence-corrected chi connectivity index (χ2v) is 2.48. The van der Waals surface area contributed by atoms with Crippen molar-refractivity contribution in [3.8, 4) is 0 Å². The van der Waals surface area contributed by atoms with Gasteiger partial charge in [0.25, 0.3) is 0 Å². The molecule has 0 bridgehead atoms. The Balaban J connectivity index is -0.000000125. The predicted octanol–water partition coefficient (Wildman–Crippen LogP) is -3.14. The van der Waals surface area contributed by atoms with Gasteiger partial charge in [-0.15, -0.1) is 11.8 Å². The Bertz CT molecular complexity index is 180. The molecular formula is C9H8Cl2HfS. The number of allylic oxidation sites excluding steroid dienone is 4. The van der Waals surface area contributed by atoms with Crippen LogP contribution in [0.3, 0.4) is 0 Å². The summed E-state index contributed by atoms with van der Waals surface area (Å²) in [5.74, 6) is 0. The van der Waals surface area contributed by atoms with E-state index in [2.05, 4.69) is 17.5 Å². The van der Waals surface area contributed by atoms with Crippen LogP contribution >= 0.6 is 11.3 Å². The van der Waals surface area contributed by atoms with E-state index >= 15 is 0 Å². The number of hydrogen-bond acceptors (Lipinski definition) is 1. The zero-order chi connectivity index (χ0) is 7.07. The Hall–Kier alpha value is 0.630. The van der Waals surface area contributed by atoms with Crippen molar-refractivity contribution in [2.45, 2.75) is 6.42 Å². The van der Waals surface area contributed by atoms with Gasteiger partial charge in [-0.3, -0.25) is 6.08 Å². The second kappa shape index (κ2) is 15.1. The topological polar surface area (TPSA) is 0 Å². The molecule has 13 heavy (non-hydrogen) atoms. The molecule has 0 saturated heterocycles. The van der Waals surface area contributed by atoms with E-state index in [4.69, 9.17) is 0 Å². The van der Waals surface area contributed by atoms with Crippen LogP contribution in [0.1, 0.15) is 6.42 Å². The Labute approximate surface area is 115 Å². The molecule has 0 nitrogen and oxygen atoms in total. The molecule has 0 saturated carbocycles. The molecule has 0 radical (unpaired) electrons. The maximum atomic E-state index is 2.99. The van der Waals surface area contributed by atoms with Gasteiger partial charge in [-0.25, -0.2) is 18.2 Å². The van der Waals surface area contributed by atoms with Crippen molar-refractivity contribution in [3.63, 3.8) is 0 Å². The maximum Gasteiger partial charge on any atom is 4.00 e. The molecule has 1 aliphatic rings. The summed E-state index contributed by atoms with van der Waals surface area (Å²) in [5.41, 5.74) is 0. The van der Waals surface area contributed by atoms with Gasteiger partial charge in [-0.2, -0.15) is 17.5 Å². The van der Waals surface area contributed by atoms with E-state index in [1.807, 2.05) is 29.7 Å². The van der Waals surface area contributed by atoms with E-state index in [-0.39, 0.29) is 50.7 Å². The third-order valence-electron chi connectivity index (χ3n) is 0.965. The first-order valence-corrected chi connectivity index (χ1v) is 3.99. The van der Waals surface area contributed by atoms with Crippen molar-refractivity contribution in [2.24, 2.45) is 0 Å². The van der Waals surface area contributed by atoms with Gasteiger partial charge in [-0.05, 0) is 0 Å². The van der Waals surface area contributed by atoms with Gasteiger partial charge in [0.15, 0.2) is 0 Å².